The van der Waals surface area contributed by atoms with E-state index >= 15 is 0 Å². The van der Waals surface area contributed by atoms with E-state index in [0.29, 0.717) is 5.56 Å². The van der Waals surface area contributed by atoms with Crippen molar-refractivity contribution in [1.82, 2.24) is 4.90 Å². The summed E-state index contributed by atoms with van der Waals surface area (Å²) >= 11 is 0. The van der Waals surface area contributed by atoms with Crippen LogP contribution in [0.25, 0.3) is 0 Å². The lowest BCUT2D eigenvalue weighted by Crippen LogP contribution is -2.33. The van der Waals surface area contributed by atoms with Gasteiger partial charge in [-0.15, -0.1) is 0 Å². The molecule has 0 saturated carbocycles. The van der Waals surface area contributed by atoms with Crippen LogP contribution in [0.2, 0.25) is 0 Å². The number of halogens is 1. The lowest BCUT2D eigenvalue weighted by Gasteiger charge is -2.24. The number of nitrogens with two attached hydrogens (primary N) is 1. The first kappa shape index (κ1) is 17.4. The molecule has 0 aromatic heterocycles. The van der Waals surface area contributed by atoms with Crippen molar-refractivity contribution in [2.45, 2.75) is 37.8 Å². The molecule has 1 aromatic carbocycles. The molecule has 1 amide bonds. The number of benzene rings is 1. The number of carbonyl (C=O) groups excluding carboxylic acids is 1. The van der Waals surface area contributed by atoms with E-state index < -0.39 is 32.4 Å². The molecule has 1 rings (SSSR count). The Morgan fingerprint density at radius 3 is 2.38 bits per heavy atom. The van der Waals surface area contributed by atoms with E-state index in [2.05, 4.69) is 0 Å². The molecule has 0 fully saturated rings. The summed E-state index contributed by atoms with van der Waals surface area (Å²) in [5.74, 6) is -0.951. The largest absolute Gasteiger partial charge is 0.444 e. The smallest absolute Gasteiger partial charge is 0.410 e. The van der Waals surface area contributed by atoms with Crippen molar-refractivity contribution in [1.29, 1.82) is 0 Å². The van der Waals surface area contributed by atoms with Crippen LogP contribution in [-0.4, -0.2) is 32.1 Å². The zero-order chi connectivity index (χ0) is 16.4. The molecule has 0 aliphatic heterocycles. The molecule has 0 aliphatic carbocycles. The van der Waals surface area contributed by atoms with E-state index in [9.17, 15) is 17.6 Å². The summed E-state index contributed by atoms with van der Waals surface area (Å²) in [4.78, 5) is 12.5. The van der Waals surface area contributed by atoms with Gasteiger partial charge in [-0.2, -0.15) is 0 Å². The van der Waals surface area contributed by atoms with Crippen molar-refractivity contribution in [3.8, 4) is 0 Å². The topological polar surface area (TPSA) is 89.7 Å². The molecule has 0 aliphatic rings. The standard InChI is InChI=1S/C13H19FN2O4S/c1-13(2,3)20-12(17)16(4)8-9-5-6-11(10(14)7-9)21(15,18)19/h5-7H,8H2,1-4H3,(H2,15,18,19). The van der Waals surface area contributed by atoms with Gasteiger partial charge >= 0.3 is 6.09 Å². The Morgan fingerprint density at radius 2 is 1.95 bits per heavy atom. The Morgan fingerprint density at radius 1 is 1.38 bits per heavy atom. The van der Waals surface area contributed by atoms with Crippen molar-refractivity contribution in [3.05, 3.63) is 29.6 Å². The van der Waals surface area contributed by atoms with Crippen molar-refractivity contribution >= 4 is 16.1 Å². The molecule has 118 valence electrons. The number of nitrogens with zero attached hydrogens (tertiary/aromatic N) is 1. The first-order valence-electron chi connectivity index (χ1n) is 6.15. The molecule has 0 spiro atoms. The zero-order valence-corrected chi connectivity index (χ0v) is 13.2. The van der Waals surface area contributed by atoms with E-state index in [1.54, 1.807) is 20.8 Å². The number of hydrogen-bond donors (Lipinski definition) is 1. The van der Waals surface area contributed by atoms with Gasteiger partial charge in [0.05, 0.1) is 0 Å². The monoisotopic (exact) mass is 318 g/mol. The number of ether oxygens (including phenoxy) is 1. The Bertz CT molecular complexity index is 638. The maximum Gasteiger partial charge on any atom is 0.410 e. The van der Waals surface area contributed by atoms with Crippen molar-refractivity contribution in [2.24, 2.45) is 5.14 Å². The Labute approximate surface area is 123 Å². The minimum Gasteiger partial charge on any atom is -0.444 e. The fraction of sp³-hybridized carbons (Fsp3) is 0.462. The van der Waals surface area contributed by atoms with Gasteiger partial charge in [0, 0.05) is 13.6 Å². The first-order chi connectivity index (χ1) is 9.40. The fourth-order valence-corrected chi connectivity index (χ4v) is 2.14. The minimum atomic E-state index is -4.10. The van der Waals surface area contributed by atoms with Gasteiger partial charge in [-0.3, -0.25) is 0 Å². The van der Waals surface area contributed by atoms with Crippen LogP contribution < -0.4 is 5.14 Å². The van der Waals surface area contributed by atoms with Crippen LogP contribution in [0.1, 0.15) is 26.3 Å². The number of primary sulfonamides is 1. The van der Waals surface area contributed by atoms with Gasteiger partial charge in [0.25, 0.3) is 0 Å². The second kappa shape index (κ2) is 5.98. The normalized spacial score (nSPS) is 12.1. The van der Waals surface area contributed by atoms with Crippen molar-refractivity contribution < 1.29 is 22.3 Å². The summed E-state index contributed by atoms with van der Waals surface area (Å²) in [6, 6.07) is 3.49. The summed E-state index contributed by atoms with van der Waals surface area (Å²) in [6.45, 7) is 5.29. The lowest BCUT2D eigenvalue weighted by molar-refractivity contribution is 0.0285. The molecule has 21 heavy (non-hydrogen) atoms. The molecule has 6 nitrogen and oxygen atoms in total. The van der Waals surface area contributed by atoms with E-state index in [-0.39, 0.29) is 6.54 Å². The van der Waals surface area contributed by atoms with E-state index in [4.69, 9.17) is 9.88 Å². The van der Waals surface area contributed by atoms with Crippen LogP contribution in [0, 0.1) is 5.82 Å². The minimum absolute atomic E-state index is 0.0801. The average Bonchev–Trinajstić information content (AvgIpc) is 2.24. The SMILES string of the molecule is CN(Cc1ccc(S(N)(=O)=O)c(F)c1)C(=O)OC(C)(C)C. The maximum atomic E-state index is 13.7. The first-order valence-corrected chi connectivity index (χ1v) is 7.70. The van der Waals surface area contributed by atoms with Crippen LogP contribution in [0.15, 0.2) is 23.1 Å². The van der Waals surface area contributed by atoms with E-state index in [1.807, 2.05) is 0 Å². The van der Waals surface area contributed by atoms with Gasteiger partial charge in [-0.05, 0) is 38.5 Å². The molecule has 0 unspecified atom stereocenters. The maximum absolute atomic E-state index is 13.7. The summed E-state index contributed by atoms with van der Waals surface area (Å²) in [7, 11) is -2.60. The summed E-state index contributed by atoms with van der Waals surface area (Å²) < 4.78 is 41.0. The van der Waals surface area contributed by atoms with Crippen LogP contribution in [-0.2, 0) is 21.3 Å². The van der Waals surface area contributed by atoms with Gasteiger partial charge in [-0.25, -0.2) is 22.7 Å². The number of rotatable bonds is 3. The van der Waals surface area contributed by atoms with Gasteiger partial charge < -0.3 is 9.64 Å². The molecule has 0 radical (unpaired) electrons. The highest BCUT2D eigenvalue weighted by Gasteiger charge is 2.20. The third-order valence-corrected chi connectivity index (χ3v) is 3.37. The highest BCUT2D eigenvalue weighted by Crippen LogP contribution is 2.16. The Hall–Kier alpha value is -1.67. The van der Waals surface area contributed by atoms with Gasteiger partial charge in [0.15, 0.2) is 0 Å². The van der Waals surface area contributed by atoms with Crippen molar-refractivity contribution in [2.75, 3.05) is 7.05 Å². The quantitative estimate of drug-likeness (QED) is 0.921. The summed E-state index contributed by atoms with van der Waals surface area (Å²) in [5, 5.41) is 4.87. The molecule has 0 atom stereocenters. The molecule has 8 heteroatoms. The second-order valence-corrected chi connectivity index (χ2v) is 7.18. The summed E-state index contributed by atoms with van der Waals surface area (Å²) in [5.41, 5.74) is -0.207. The number of sulfonamides is 1. The summed E-state index contributed by atoms with van der Waals surface area (Å²) in [6.07, 6.45) is -0.557. The van der Waals surface area contributed by atoms with Crippen LogP contribution >= 0.6 is 0 Å². The number of amides is 1. The molecular formula is C13H19FN2O4S. The lowest BCUT2D eigenvalue weighted by atomic mass is 10.2. The molecular weight excluding hydrogens is 299 g/mol. The van der Waals surface area contributed by atoms with Crippen LogP contribution in [0.5, 0.6) is 0 Å². The molecule has 2 N–H and O–H groups in total. The van der Waals surface area contributed by atoms with Gasteiger partial charge in [-0.1, -0.05) is 6.07 Å². The number of carbonyl (C=O) groups is 1. The van der Waals surface area contributed by atoms with Crippen LogP contribution in [0.3, 0.4) is 0 Å². The van der Waals surface area contributed by atoms with Crippen molar-refractivity contribution in [3.63, 3.8) is 0 Å². The zero-order valence-electron chi connectivity index (χ0n) is 12.4. The van der Waals surface area contributed by atoms with Gasteiger partial charge in [0.2, 0.25) is 10.0 Å². The third kappa shape index (κ3) is 5.31. The molecule has 0 saturated heterocycles. The fourth-order valence-electron chi connectivity index (χ4n) is 1.55. The Balaban J connectivity index is 2.85. The molecule has 1 aromatic rings. The van der Waals surface area contributed by atoms with E-state index in [1.165, 1.54) is 18.0 Å². The highest BCUT2D eigenvalue weighted by atomic mass is 32.2. The third-order valence-electron chi connectivity index (χ3n) is 2.43. The van der Waals surface area contributed by atoms with E-state index in [0.717, 1.165) is 12.1 Å². The Kier molecular flexibility index (Phi) is 4.95. The second-order valence-electron chi connectivity index (χ2n) is 5.65. The average molecular weight is 318 g/mol. The predicted octanol–water partition coefficient (Wildman–Crippen LogP) is 1.84. The number of hydrogen-bond acceptors (Lipinski definition) is 4. The highest BCUT2D eigenvalue weighted by molar-refractivity contribution is 7.89. The van der Waals surface area contributed by atoms with Crippen LogP contribution in [0.4, 0.5) is 9.18 Å². The molecule has 0 heterocycles. The van der Waals surface area contributed by atoms with Gasteiger partial charge in [0.1, 0.15) is 16.3 Å². The molecule has 0 bridgehead atoms. The predicted molar refractivity (Wildman–Crippen MR) is 75.5 cm³/mol.